The molecule has 1 N–H and O–H groups in total. The molecule has 7 heteroatoms. The highest BCUT2D eigenvalue weighted by Gasteiger charge is 2.37. The third-order valence-electron chi connectivity index (χ3n) is 3.95. The first-order valence-electron chi connectivity index (χ1n) is 7.49. The van der Waals surface area contributed by atoms with Crippen LogP contribution < -0.4 is 0 Å². The summed E-state index contributed by atoms with van der Waals surface area (Å²) in [5.41, 5.74) is 0.350. The van der Waals surface area contributed by atoms with Gasteiger partial charge in [0.25, 0.3) is 0 Å². The van der Waals surface area contributed by atoms with Crippen LogP contribution >= 0.6 is 0 Å². The summed E-state index contributed by atoms with van der Waals surface area (Å²) in [6.45, 7) is 4.79. The number of hydrogen-bond donors (Lipinski definition) is 1. The highest BCUT2D eigenvalue weighted by molar-refractivity contribution is 5.86. The van der Waals surface area contributed by atoms with Crippen LogP contribution in [0.4, 0.5) is 8.78 Å². The molecule has 23 heavy (non-hydrogen) atoms. The van der Waals surface area contributed by atoms with Crippen LogP contribution in [0.1, 0.15) is 25.8 Å². The Labute approximate surface area is 133 Å². The van der Waals surface area contributed by atoms with Crippen molar-refractivity contribution in [1.82, 2.24) is 9.80 Å². The molecule has 126 valence electrons. The fraction of sp³-hybridized carbons (Fsp3) is 0.500. The summed E-state index contributed by atoms with van der Waals surface area (Å²) < 4.78 is 26.5. The van der Waals surface area contributed by atoms with Crippen molar-refractivity contribution in [3.63, 3.8) is 0 Å². The summed E-state index contributed by atoms with van der Waals surface area (Å²) in [4.78, 5) is 26.9. The van der Waals surface area contributed by atoms with E-state index in [-0.39, 0.29) is 24.9 Å². The number of nitrogens with zero attached hydrogens (tertiary/aromatic N) is 2. The fourth-order valence-electron chi connectivity index (χ4n) is 2.92. The number of piperazine rings is 1. The van der Waals surface area contributed by atoms with Gasteiger partial charge in [0.05, 0.1) is 6.42 Å². The molecule has 5 nitrogen and oxygen atoms in total. The van der Waals surface area contributed by atoms with Crippen LogP contribution in [0.15, 0.2) is 18.2 Å². The molecule has 1 aliphatic rings. The monoisotopic (exact) mass is 326 g/mol. The first-order chi connectivity index (χ1) is 10.8. The average molecular weight is 326 g/mol. The van der Waals surface area contributed by atoms with E-state index in [1.165, 1.54) is 17.0 Å². The molecular weight excluding hydrogens is 306 g/mol. The SMILES string of the molecule is CC(C)N1CCN(Cc2cc(F)cc(F)c2)C(=O)C1CC(=O)O. The van der Waals surface area contributed by atoms with Gasteiger partial charge in [0.1, 0.15) is 17.7 Å². The predicted octanol–water partition coefficient (Wildman–Crippen LogP) is 1.86. The van der Waals surface area contributed by atoms with Crippen LogP contribution in [0.2, 0.25) is 0 Å². The van der Waals surface area contributed by atoms with E-state index >= 15 is 0 Å². The topological polar surface area (TPSA) is 60.9 Å². The third-order valence-corrected chi connectivity index (χ3v) is 3.95. The molecule has 1 unspecified atom stereocenters. The Bertz CT molecular complexity index is 587. The van der Waals surface area contributed by atoms with E-state index in [9.17, 15) is 18.4 Å². The highest BCUT2D eigenvalue weighted by atomic mass is 19.1. The number of benzene rings is 1. The molecule has 1 amide bonds. The maximum atomic E-state index is 13.3. The number of hydrogen-bond acceptors (Lipinski definition) is 3. The minimum atomic E-state index is -1.05. The lowest BCUT2D eigenvalue weighted by atomic mass is 10.0. The Kier molecular flexibility index (Phi) is 5.30. The maximum absolute atomic E-state index is 13.3. The van der Waals surface area contributed by atoms with Gasteiger partial charge in [0.2, 0.25) is 5.91 Å². The number of carbonyl (C=O) groups excluding carboxylic acids is 1. The maximum Gasteiger partial charge on any atom is 0.305 e. The zero-order chi connectivity index (χ0) is 17.1. The number of carboxylic acids is 1. The van der Waals surface area contributed by atoms with Crippen molar-refractivity contribution < 1.29 is 23.5 Å². The Morgan fingerprint density at radius 3 is 2.39 bits per heavy atom. The van der Waals surface area contributed by atoms with E-state index in [2.05, 4.69) is 0 Å². The summed E-state index contributed by atoms with van der Waals surface area (Å²) in [6.07, 6.45) is -0.287. The molecular formula is C16H20F2N2O3. The first kappa shape index (κ1) is 17.3. The molecule has 1 aromatic rings. The van der Waals surface area contributed by atoms with E-state index in [4.69, 9.17) is 5.11 Å². The predicted molar refractivity (Wildman–Crippen MR) is 79.7 cm³/mol. The molecule has 0 saturated carbocycles. The summed E-state index contributed by atoms with van der Waals surface area (Å²) in [6, 6.07) is 2.42. The Morgan fingerprint density at radius 1 is 1.26 bits per heavy atom. The van der Waals surface area contributed by atoms with Gasteiger partial charge in [-0.05, 0) is 31.5 Å². The molecule has 0 radical (unpaired) electrons. The van der Waals surface area contributed by atoms with E-state index in [0.717, 1.165) is 6.07 Å². The number of amides is 1. The van der Waals surface area contributed by atoms with E-state index < -0.39 is 23.6 Å². The van der Waals surface area contributed by atoms with Crippen LogP contribution in [0.25, 0.3) is 0 Å². The molecule has 2 rings (SSSR count). The zero-order valence-corrected chi connectivity index (χ0v) is 13.1. The minimum absolute atomic E-state index is 0.0389. The molecule has 1 aliphatic heterocycles. The lowest BCUT2D eigenvalue weighted by Gasteiger charge is -2.42. The van der Waals surface area contributed by atoms with Crippen LogP contribution in [0, 0.1) is 11.6 Å². The van der Waals surface area contributed by atoms with Gasteiger partial charge in [-0.25, -0.2) is 8.78 Å². The van der Waals surface area contributed by atoms with Crippen molar-refractivity contribution in [3.8, 4) is 0 Å². The van der Waals surface area contributed by atoms with Crippen molar-refractivity contribution >= 4 is 11.9 Å². The third kappa shape index (κ3) is 4.25. The van der Waals surface area contributed by atoms with Crippen LogP contribution in [-0.2, 0) is 16.1 Å². The summed E-state index contributed by atoms with van der Waals surface area (Å²) >= 11 is 0. The second-order valence-electron chi connectivity index (χ2n) is 5.98. The summed E-state index contributed by atoms with van der Waals surface area (Å²) in [5, 5.41) is 9.04. The minimum Gasteiger partial charge on any atom is -0.481 e. The molecule has 0 bridgehead atoms. The number of rotatable bonds is 5. The van der Waals surface area contributed by atoms with Gasteiger partial charge in [-0.3, -0.25) is 14.5 Å². The van der Waals surface area contributed by atoms with Gasteiger partial charge >= 0.3 is 5.97 Å². The second-order valence-corrected chi connectivity index (χ2v) is 5.98. The lowest BCUT2D eigenvalue weighted by Crippen LogP contribution is -2.59. The number of halogens is 2. The molecule has 0 aliphatic carbocycles. The van der Waals surface area contributed by atoms with E-state index in [1.807, 2.05) is 18.7 Å². The van der Waals surface area contributed by atoms with E-state index in [1.54, 1.807) is 0 Å². The van der Waals surface area contributed by atoms with Gasteiger partial charge in [0, 0.05) is 31.7 Å². The van der Waals surface area contributed by atoms with Crippen molar-refractivity contribution in [1.29, 1.82) is 0 Å². The van der Waals surface area contributed by atoms with E-state index in [0.29, 0.717) is 18.7 Å². The molecule has 1 atom stereocenters. The van der Waals surface area contributed by atoms with Crippen molar-refractivity contribution in [2.24, 2.45) is 0 Å². The Morgan fingerprint density at radius 2 is 1.87 bits per heavy atom. The molecule has 1 saturated heterocycles. The largest absolute Gasteiger partial charge is 0.481 e. The smallest absolute Gasteiger partial charge is 0.305 e. The molecule has 0 spiro atoms. The van der Waals surface area contributed by atoms with Gasteiger partial charge in [-0.2, -0.15) is 0 Å². The summed E-state index contributed by atoms with van der Waals surface area (Å²) in [7, 11) is 0. The normalized spacial score (nSPS) is 19.4. The standard InChI is InChI=1S/C16H20F2N2O3/c1-10(2)20-4-3-19(16(23)14(20)8-15(21)22)9-11-5-12(17)7-13(18)6-11/h5-7,10,14H,3-4,8-9H2,1-2H3,(H,21,22). The van der Waals surface area contributed by atoms with Gasteiger partial charge in [-0.1, -0.05) is 0 Å². The van der Waals surface area contributed by atoms with Crippen LogP contribution in [-0.4, -0.2) is 52.0 Å². The van der Waals surface area contributed by atoms with Gasteiger partial charge < -0.3 is 10.0 Å². The molecule has 1 fully saturated rings. The number of carboxylic acid groups (broad SMARTS) is 1. The quantitative estimate of drug-likeness (QED) is 0.897. The number of carbonyl (C=O) groups is 2. The van der Waals surface area contributed by atoms with Crippen molar-refractivity contribution in [3.05, 3.63) is 35.4 Å². The first-order valence-corrected chi connectivity index (χ1v) is 7.49. The van der Waals surface area contributed by atoms with Crippen LogP contribution in [0.5, 0.6) is 0 Å². The van der Waals surface area contributed by atoms with Crippen LogP contribution in [0.3, 0.4) is 0 Å². The zero-order valence-electron chi connectivity index (χ0n) is 13.1. The van der Waals surface area contributed by atoms with Crippen molar-refractivity contribution in [2.75, 3.05) is 13.1 Å². The molecule has 1 heterocycles. The molecule has 1 aromatic carbocycles. The second kappa shape index (κ2) is 7.04. The fourth-order valence-corrected chi connectivity index (χ4v) is 2.92. The Balaban J connectivity index is 2.17. The lowest BCUT2D eigenvalue weighted by molar-refractivity contribution is -0.150. The van der Waals surface area contributed by atoms with Crippen molar-refractivity contribution in [2.45, 2.75) is 38.9 Å². The summed E-state index contributed by atoms with van der Waals surface area (Å²) in [5.74, 6) is -2.77. The highest BCUT2D eigenvalue weighted by Crippen LogP contribution is 2.20. The average Bonchev–Trinajstić information content (AvgIpc) is 2.41. The van der Waals surface area contributed by atoms with Gasteiger partial charge in [0.15, 0.2) is 0 Å². The van der Waals surface area contributed by atoms with Gasteiger partial charge in [-0.15, -0.1) is 0 Å². The Hall–Kier alpha value is -2.02. The molecule has 0 aromatic heterocycles. The number of aliphatic carboxylic acids is 1.